The van der Waals surface area contributed by atoms with Crippen LogP contribution in [-0.2, 0) is 0 Å². The van der Waals surface area contributed by atoms with Crippen molar-refractivity contribution in [3.63, 3.8) is 0 Å². The molecule has 1 N–H and O–H groups in total. The first-order chi connectivity index (χ1) is 13.4. The van der Waals surface area contributed by atoms with Gasteiger partial charge in [0.05, 0.1) is 13.7 Å². The van der Waals surface area contributed by atoms with E-state index >= 15 is 0 Å². The van der Waals surface area contributed by atoms with Gasteiger partial charge in [0.15, 0.2) is 11.5 Å². The van der Waals surface area contributed by atoms with Gasteiger partial charge < -0.3 is 19.5 Å². The monoisotopic (exact) mass is 399 g/mol. The largest absolute Gasteiger partial charge is 0.573 e. The van der Waals surface area contributed by atoms with Gasteiger partial charge in [0.1, 0.15) is 11.6 Å². The molecule has 2 aromatic rings. The summed E-state index contributed by atoms with van der Waals surface area (Å²) < 4.78 is 67.3. The lowest BCUT2D eigenvalue weighted by Crippen LogP contribution is -2.30. The zero-order chi connectivity index (χ0) is 20.1. The van der Waals surface area contributed by atoms with E-state index in [1.54, 1.807) is 0 Å². The lowest BCUT2D eigenvalue weighted by molar-refractivity contribution is -0.275. The molecule has 152 valence electrons. The highest BCUT2D eigenvalue weighted by Crippen LogP contribution is 2.38. The topological polar surface area (TPSA) is 39.7 Å². The molecule has 0 aliphatic carbocycles. The molecule has 1 aliphatic heterocycles. The Kier molecular flexibility index (Phi) is 6.28. The van der Waals surface area contributed by atoms with Crippen LogP contribution < -0.4 is 19.5 Å². The van der Waals surface area contributed by atoms with E-state index in [1.165, 1.54) is 37.4 Å². The quantitative estimate of drug-likeness (QED) is 0.710. The lowest BCUT2D eigenvalue weighted by atomic mass is 9.99. The summed E-state index contributed by atoms with van der Waals surface area (Å²) in [5.74, 6) is -0.375. The van der Waals surface area contributed by atoms with E-state index in [0.717, 1.165) is 32.0 Å². The molecular weight excluding hydrogens is 378 g/mol. The zero-order valence-corrected chi connectivity index (χ0v) is 15.3. The van der Waals surface area contributed by atoms with Crippen molar-refractivity contribution in [1.82, 2.24) is 5.32 Å². The van der Waals surface area contributed by atoms with E-state index in [0.29, 0.717) is 11.3 Å². The summed E-state index contributed by atoms with van der Waals surface area (Å²) in [5.41, 5.74) is 0.566. The van der Waals surface area contributed by atoms with Crippen molar-refractivity contribution >= 4 is 0 Å². The number of benzene rings is 2. The second-order valence-corrected chi connectivity index (χ2v) is 6.56. The number of hydrogen-bond donors (Lipinski definition) is 1. The summed E-state index contributed by atoms with van der Waals surface area (Å²) in [6, 6.07) is 8.04. The Hall–Kier alpha value is -2.48. The Bertz CT molecular complexity index is 805. The first-order valence-electron chi connectivity index (χ1n) is 8.93. The SMILES string of the molecule is COc1ccc(F)c(-c2ccc(OC(F)(F)F)c(OCC3CCNCC3)c2)c1. The van der Waals surface area contributed by atoms with Crippen LogP contribution in [0.3, 0.4) is 0 Å². The number of methoxy groups -OCH3 is 1. The van der Waals surface area contributed by atoms with Gasteiger partial charge in [0.2, 0.25) is 0 Å². The van der Waals surface area contributed by atoms with Gasteiger partial charge in [-0.1, -0.05) is 6.07 Å². The van der Waals surface area contributed by atoms with E-state index in [9.17, 15) is 17.6 Å². The van der Waals surface area contributed by atoms with E-state index in [-0.39, 0.29) is 23.8 Å². The van der Waals surface area contributed by atoms with E-state index in [1.807, 2.05) is 0 Å². The van der Waals surface area contributed by atoms with Crippen molar-refractivity contribution in [2.45, 2.75) is 19.2 Å². The predicted octanol–water partition coefficient (Wildman–Crippen LogP) is 4.78. The van der Waals surface area contributed by atoms with Crippen LogP contribution in [0.4, 0.5) is 17.6 Å². The summed E-state index contributed by atoms with van der Waals surface area (Å²) in [6.07, 6.45) is -3.10. The second-order valence-electron chi connectivity index (χ2n) is 6.56. The first kappa shape index (κ1) is 20.3. The summed E-state index contributed by atoms with van der Waals surface area (Å²) >= 11 is 0. The Morgan fingerprint density at radius 3 is 2.46 bits per heavy atom. The van der Waals surface area contributed by atoms with Gasteiger partial charge in [-0.3, -0.25) is 0 Å². The van der Waals surface area contributed by atoms with Gasteiger partial charge in [-0.15, -0.1) is 13.2 Å². The van der Waals surface area contributed by atoms with Crippen LogP contribution in [0.5, 0.6) is 17.2 Å². The molecule has 1 aliphatic rings. The summed E-state index contributed by atoms with van der Waals surface area (Å²) in [5, 5.41) is 3.22. The maximum atomic E-state index is 14.3. The predicted molar refractivity (Wildman–Crippen MR) is 96.2 cm³/mol. The lowest BCUT2D eigenvalue weighted by Gasteiger charge is -2.23. The average molecular weight is 399 g/mol. The fraction of sp³-hybridized carbons (Fsp3) is 0.400. The third-order valence-electron chi connectivity index (χ3n) is 4.59. The smallest absolute Gasteiger partial charge is 0.497 e. The summed E-state index contributed by atoms with van der Waals surface area (Å²) in [6.45, 7) is 1.95. The van der Waals surface area contributed by atoms with Crippen LogP contribution in [0, 0.1) is 11.7 Å². The number of piperidine rings is 1. The zero-order valence-electron chi connectivity index (χ0n) is 15.3. The highest BCUT2D eigenvalue weighted by molar-refractivity contribution is 5.69. The highest BCUT2D eigenvalue weighted by atomic mass is 19.4. The van der Waals surface area contributed by atoms with Crippen LogP contribution in [0.1, 0.15) is 12.8 Å². The molecular formula is C20H21F4NO3. The highest BCUT2D eigenvalue weighted by Gasteiger charge is 2.33. The minimum Gasteiger partial charge on any atom is -0.497 e. The molecule has 0 saturated carbocycles. The Labute approximate surface area is 160 Å². The van der Waals surface area contributed by atoms with Gasteiger partial charge in [-0.05, 0) is 67.7 Å². The molecule has 0 amide bonds. The van der Waals surface area contributed by atoms with Crippen LogP contribution >= 0.6 is 0 Å². The molecule has 1 fully saturated rings. The van der Waals surface area contributed by atoms with Crippen molar-refractivity contribution in [2.75, 3.05) is 26.8 Å². The molecule has 0 radical (unpaired) electrons. The van der Waals surface area contributed by atoms with E-state index in [2.05, 4.69) is 10.1 Å². The molecule has 3 rings (SSSR count). The molecule has 1 saturated heterocycles. The van der Waals surface area contributed by atoms with Crippen molar-refractivity contribution in [2.24, 2.45) is 5.92 Å². The second kappa shape index (κ2) is 8.68. The van der Waals surface area contributed by atoms with Gasteiger partial charge in [0, 0.05) is 5.56 Å². The van der Waals surface area contributed by atoms with Gasteiger partial charge in [-0.2, -0.15) is 0 Å². The van der Waals surface area contributed by atoms with E-state index in [4.69, 9.17) is 9.47 Å². The number of nitrogens with one attached hydrogen (secondary N) is 1. The third kappa shape index (κ3) is 5.28. The fourth-order valence-corrected chi connectivity index (χ4v) is 3.11. The van der Waals surface area contributed by atoms with Crippen LogP contribution in [0.25, 0.3) is 11.1 Å². The molecule has 0 unspecified atom stereocenters. The van der Waals surface area contributed by atoms with Crippen molar-refractivity contribution < 1.29 is 31.8 Å². The molecule has 28 heavy (non-hydrogen) atoms. The number of alkyl halides is 3. The van der Waals surface area contributed by atoms with Crippen LogP contribution in [0.15, 0.2) is 36.4 Å². The minimum absolute atomic E-state index is 0.0735. The molecule has 0 aromatic heterocycles. The van der Waals surface area contributed by atoms with Gasteiger partial charge in [-0.25, -0.2) is 4.39 Å². The molecule has 4 nitrogen and oxygen atoms in total. The normalized spacial score (nSPS) is 15.3. The molecule has 0 spiro atoms. The molecule has 0 bridgehead atoms. The van der Waals surface area contributed by atoms with Crippen molar-refractivity contribution in [3.05, 3.63) is 42.2 Å². The van der Waals surface area contributed by atoms with Crippen LogP contribution in [0.2, 0.25) is 0 Å². The standard InChI is InChI=1S/C20H21F4NO3/c1-26-15-3-4-17(21)16(11-15)14-2-5-18(28-20(22,23)24)19(10-14)27-12-13-6-8-25-9-7-13/h2-5,10-11,13,25H,6-9,12H2,1H3. The molecule has 2 aromatic carbocycles. The summed E-state index contributed by atoms with van der Waals surface area (Å²) in [4.78, 5) is 0. The van der Waals surface area contributed by atoms with E-state index < -0.39 is 17.9 Å². The molecule has 0 atom stereocenters. The van der Waals surface area contributed by atoms with Crippen molar-refractivity contribution in [1.29, 1.82) is 0 Å². The molecule has 8 heteroatoms. The Morgan fingerprint density at radius 2 is 1.79 bits per heavy atom. The fourth-order valence-electron chi connectivity index (χ4n) is 3.11. The van der Waals surface area contributed by atoms with Crippen LogP contribution in [-0.4, -0.2) is 33.2 Å². The number of rotatable bonds is 6. The average Bonchev–Trinajstić information content (AvgIpc) is 2.67. The Morgan fingerprint density at radius 1 is 1.04 bits per heavy atom. The van der Waals surface area contributed by atoms with Crippen molar-refractivity contribution in [3.8, 4) is 28.4 Å². The number of ether oxygens (including phenoxy) is 3. The number of halogens is 4. The van der Waals surface area contributed by atoms with Gasteiger partial charge in [0.25, 0.3) is 0 Å². The first-order valence-corrected chi connectivity index (χ1v) is 8.93. The molecule has 1 heterocycles. The number of hydrogen-bond acceptors (Lipinski definition) is 4. The summed E-state index contributed by atoms with van der Waals surface area (Å²) in [7, 11) is 1.45. The minimum atomic E-state index is -4.85. The Balaban J connectivity index is 1.90. The maximum absolute atomic E-state index is 14.3. The third-order valence-corrected chi connectivity index (χ3v) is 4.59. The maximum Gasteiger partial charge on any atom is 0.573 e. The van der Waals surface area contributed by atoms with Gasteiger partial charge >= 0.3 is 6.36 Å².